The summed E-state index contributed by atoms with van der Waals surface area (Å²) in [5.41, 5.74) is 0.454. The molecule has 2 heterocycles. The van der Waals surface area contributed by atoms with Crippen LogP contribution in [0.3, 0.4) is 0 Å². The van der Waals surface area contributed by atoms with Crippen molar-refractivity contribution in [3.8, 4) is 0 Å². The molecule has 0 aromatic heterocycles. The van der Waals surface area contributed by atoms with Gasteiger partial charge in [-0.05, 0) is 12.1 Å². The molecule has 0 atom stereocenters. The molecule has 6 nitrogen and oxygen atoms in total. The van der Waals surface area contributed by atoms with Gasteiger partial charge in [0.25, 0.3) is 23.6 Å². The molecule has 84 valence electrons. The Hall–Kier alpha value is -2.50. The average Bonchev–Trinajstić information content (AvgIpc) is 2.55. The number of carbonyl (C=O) groups excluding carboxylic acids is 4. The van der Waals surface area contributed by atoms with Crippen LogP contribution in [0.25, 0.3) is 0 Å². The fraction of sp³-hybridized carbons (Fsp3) is 0.0909. The number of nitrogens with one attached hydrogen (secondary N) is 1. The van der Waals surface area contributed by atoms with Crippen LogP contribution in [0.2, 0.25) is 0 Å². The molecule has 0 spiro atoms. The lowest BCUT2D eigenvalue weighted by atomic mass is 10.1. The number of hydrogen-bond acceptors (Lipinski definition) is 4. The maximum absolute atomic E-state index is 11.9. The van der Waals surface area contributed by atoms with Gasteiger partial charge in [-0.1, -0.05) is 12.1 Å². The zero-order valence-corrected chi connectivity index (χ0v) is 8.47. The van der Waals surface area contributed by atoms with E-state index in [2.05, 4.69) is 0 Å². The van der Waals surface area contributed by atoms with E-state index in [-0.39, 0.29) is 11.1 Å². The van der Waals surface area contributed by atoms with Gasteiger partial charge in [-0.15, -0.1) is 0 Å². The van der Waals surface area contributed by atoms with Crippen LogP contribution < -0.4 is 5.32 Å². The molecular formula is C11H6N2O4. The molecule has 2 aliphatic heterocycles. The molecule has 0 unspecified atom stereocenters. The highest BCUT2D eigenvalue weighted by Crippen LogP contribution is 2.26. The van der Waals surface area contributed by atoms with Crippen LogP contribution in [0, 0.1) is 0 Å². The second-order valence-electron chi connectivity index (χ2n) is 3.78. The Morgan fingerprint density at radius 3 is 1.76 bits per heavy atom. The summed E-state index contributed by atoms with van der Waals surface area (Å²) in [5, 5.41) is 1.98. The largest absolute Gasteiger partial charge is 0.292 e. The SMILES string of the molecule is O=C1NC(=O)C1N1C(=O)c2ccccc2C1=O. The summed E-state index contributed by atoms with van der Waals surface area (Å²) in [6.07, 6.45) is 0. The van der Waals surface area contributed by atoms with Gasteiger partial charge in [0.1, 0.15) is 0 Å². The molecule has 1 aromatic carbocycles. The first-order valence-corrected chi connectivity index (χ1v) is 4.93. The monoisotopic (exact) mass is 230 g/mol. The Balaban J connectivity index is 2.07. The number of β-lactam (4-membered cyclic amide) rings is 2. The van der Waals surface area contributed by atoms with Crippen molar-refractivity contribution in [2.24, 2.45) is 0 Å². The van der Waals surface area contributed by atoms with Crippen LogP contribution in [0.1, 0.15) is 20.7 Å². The van der Waals surface area contributed by atoms with Gasteiger partial charge in [-0.3, -0.25) is 29.4 Å². The summed E-state index contributed by atoms with van der Waals surface area (Å²) in [6, 6.07) is 4.93. The fourth-order valence-electron chi connectivity index (χ4n) is 1.98. The summed E-state index contributed by atoms with van der Waals surface area (Å²) in [4.78, 5) is 46.9. The van der Waals surface area contributed by atoms with E-state index in [1.807, 2.05) is 5.32 Å². The molecular weight excluding hydrogens is 224 g/mol. The molecule has 17 heavy (non-hydrogen) atoms. The number of benzene rings is 1. The summed E-state index contributed by atoms with van der Waals surface area (Å²) in [7, 11) is 0. The molecule has 3 rings (SSSR count). The Morgan fingerprint density at radius 1 is 0.882 bits per heavy atom. The number of nitrogens with zero attached hydrogens (tertiary/aromatic N) is 1. The number of amides is 4. The van der Waals surface area contributed by atoms with Crippen LogP contribution in [-0.2, 0) is 9.59 Å². The second-order valence-corrected chi connectivity index (χ2v) is 3.78. The van der Waals surface area contributed by atoms with E-state index in [1.54, 1.807) is 12.1 Å². The van der Waals surface area contributed by atoms with E-state index in [0.717, 1.165) is 0 Å². The van der Waals surface area contributed by atoms with Gasteiger partial charge in [0.2, 0.25) is 0 Å². The van der Waals surface area contributed by atoms with E-state index in [0.29, 0.717) is 4.90 Å². The maximum atomic E-state index is 11.9. The highest BCUT2D eigenvalue weighted by Gasteiger charge is 2.51. The van der Waals surface area contributed by atoms with E-state index in [4.69, 9.17) is 0 Å². The van der Waals surface area contributed by atoms with Crippen molar-refractivity contribution in [2.75, 3.05) is 0 Å². The first kappa shape index (κ1) is 9.71. The van der Waals surface area contributed by atoms with E-state index in [9.17, 15) is 19.2 Å². The molecule has 2 aliphatic rings. The van der Waals surface area contributed by atoms with Crippen LogP contribution >= 0.6 is 0 Å². The first-order chi connectivity index (χ1) is 8.11. The Kier molecular flexibility index (Phi) is 1.72. The Labute approximate surface area is 95.2 Å². The van der Waals surface area contributed by atoms with Gasteiger partial charge in [0, 0.05) is 0 Å². The Bertz CT molecular complexity index is 544. The van der Waals surface area contributed by atoms with Gasteiger partial charge >= 0.3 is 0 Å². The number of hydrogen-bond donors (Lipinski definition) is 1. The minimum atomic E-state index is -1.30. The maximum Gasteiger partial charge on any atom is 0.262 e. The number of carbonyl (C=O) groups is 4. The lowest BCUT2D eigenvalue weighted by Crippen LogP contribution is -2.67. The summed E-state index contributed by atoms with van der Waals surface area (Å²) in [6.45, 7) is 0. The van der Waals surface area contributed by atoms with Crippen LogP contribution in [0.4, 0.5) is 0 Å². The molecule has 4 amide bonds. The lowest BCUT2D eigenvalue weighted by Gasteiger charge is -2.30. The van der Waals surface area contributed by atoms with Crippen molar-refractivity contribution >= 4 is 23.6 Å². The first-order valence-electron chi connectivity index (χ1n) is 4.93. The third-order valence-corrected chi connectivity index (χ3v) is 2.83. The van der Waals surface area contributed by atoms with E-state index in [1.165, 1.54) is 12.1 Å². The van der Waals surface area contributed by atoms with E-state index < -0.39 is 29.7 Å². The molecule has 1 fully saturated rings. The summed E-state index contributed by atoms with van der Waals surface area (Å²) in [5.74, 6) is -2.44. The minimum Gasteiger partial charge on any atom is -0.292 e. The van der Waals surface area contributed by atoms with Gasteiger partial charge in [-0.25, -0.2) is 0 Å². The number of rotatable bonds is 1. The normalized spacial score (nSPS) is 19.2. The van der Waals surface area contributed by atoms with Crippen molar-refractivity contribution in [2.45, 2.75) is 6.04 Å². The third-order valence-electron chi connectivity index (χ3n) is 2.83. The summed E-state index contributed by atoms with van der Waals surface area (Å²) >= 11 is 0. The van der Waals surface area contributed by atoms with Crippen molar-refractivity contribution < 1.29 is 19.2 Å². The Morgan fingerprint density at radius 2 is 1.35 bits per heavy atom. The predicted octanol–water partition coefficient (Wildman–Crippen LogP) is -0.692. The highest BCUT2D eigenvalue weighted by molar-refractivity contribution is 6.30. The van der Waals surface area contributed by atoms with Crippen molar-refractivity contribution in [3.63, 3.8) is 0 Å². The molecule has 1 aromatic rings. The molecule has 1 saturated heterocycles. The zero-order valence-electron chi connectivity index (χ0n) is 8.47. The lowest BCUT2D eigenvalue weighted by molar-refractivity contribution is -0.147. The second kappa shape index (κ2) is 3.00. The van der Waals surface area contributed by atoms with Crippen LogP contribution in [-0.4, -0.2) is 34.6 Å². The van der Waals surface area contributed by atoms with Gasteiger partial charge < -0.3 is 0 Å². The van der Waals surface area contributed by atoms with Crippen molar-refractivity contribution in [3.05, 3.63) is 35.4 Å². The molecule has 0 aliphatic carbocycles. The quantitative estimate of drug-likeness (QED) is 0.393. The number of fused-ring (bicyclic) bond motifs is 1. The van der Waals surface area contributed by atoms with Gasteiger partial charge in [0.15, 0.2) is 6.04 Å². The van der Waals surface area contributed by atoms with Gasteiger partial charge in [-0.2, -0.15) is 0 Å². The number of imide groups is 2. The zero-order chi connectivity index (χ0) is 12.2. The molecule has 0 radical (unpaired) electrons. The smallest absolute Gasteiger partial charge is 0.262 e. The third kappa shape index (κ3) is 1.09. The van der Waals surface area contributed by atoms with Crippen LogP contribution in [0.5, 0.6) is 0 Å². The molecule has 0 bridgehead atoms. The molecule has 6 heteroatoms. The van der Waals surface area contributed by atoms with Crippen molar-refractivity contribution in [1.29, 1.82) is 0 Å². The average molecular weight is 230 g/mol. The standard InChI is InChI=1S/C11H6N2O4/c14-8-7(9(15)12-8)13-10(16)5-3-1-2-4-6(5)11(13)17/h1-4,7H,(H,12,14,15). The van der Waals surface area contributed by atoms with Gasteiger partial charge in [0.05, 0.1) is 11.1 Å². The summed E-state index contributed by atoms with van der Waals surface area (Å²) < 4.78 is 0. The fourth-order valence-corrected chi connectivity index (χ4v) is 1.98. The molecule has 1 N–H and O–H groups in total. The van der Waals surface area contributed by atoms with Crippen LogP contribution in [0.15, 0.2) is 24.3 Å². The topological polar surface area (TPSA) is 83.6 Å². The molecule has 0 saturated carbocycles. The minimum absolute atomic E-state index is 0.227. The predicted molar refractivity (Wildman–Crippen MR) is 53.9 cm³/mol. The van der Waals surface area contributed by atoms with Crippen molar-refractivity contribution in [1.82, 2.24) is 10.2 Å². The van der Waals surface area contributed by atoms with E-state index >= 15 is 0 Å². The highest BCUT2D eigenvalue weighted by atomic mass is 16.2.